The molecule has 1 rings (SSSR count). The predicted molar refractivity (Wildman–Crippen MR) is 71.9 cm³/mol. The number of hydrogen-bond acceptors (Lipinski definition) is 2. The second kappa shape index (κ2) is 5.62. The summed E-state index contributed by atoms with van der Waals surface area (Å²) in [7, 11) is 0.424. The lowest BCUT2D eigenvalue weighted by Gasteiger charge is -2.38. The Morgan fingerprint density at radius 2 is 1.75 bits per heavy atom. The fourth-order valence-corrected chi connectivity index (χ4v) is 3.76. The van der Waals surface area contributed by atoms with Crippen molar-refractivity contribution in [1.29, 1.82) is 0 Å². The molecule has 0 amide bonds. The summed E-state index contributed by atoms with van der Waals surface area (Å²) in [6.07, 6.45) is 0. The zero-order chi connectivity index (χ0) is 12.2. The molecule has 1 atom stereocenters. The summed E-state index contributed by atoms with van der Waals surface area (Å²) in [6.45, 7) is 10.0. The van der Waals surface area contributed by atoms with Crippen LogP contribution < -0.4 is 0 Å². The maximum Gasteiger partial charge on any atom is 0.122 e. The molecule has 1 aromatic rings. The van der Waals surface area contributed by atoms with E-state index in [0.717, 1.165) is 0 Å². The number of rotatable bonds is 5. The molecule has 2 nitrogen and oxygen atoms in total. The Labute approximate surface area is 100 Å². The van der Waals surface area contributed by atoms with Gasteiger partial charge in [0.05, 0.1) is 6.73 Å². The van der Waals surface area contributed by atoms with Gasteiger partial charge in [0.15, 0.2) is 0 Å². The van der Waals surface area contributed by atoms with Crippen LogP contribution in [0.1, 0.15) is 18.5 Å². The van der Waals surface area contributed by atoms with Gasteiger partial charge in [-0.2, -0.15) is 0 Å². The van der Waals surface area contributed by atoms with Gasteiger partial charge < -0.3 is 4.74 Å². The Kier molecular flexibility index (Phi) is 4.71. The van der Waals surface area contributed by atoms with E-state index in [4.69, 9.17) is 4.74 Å². The van der Waals surface area contributed by atoms with E-state index in [0.29, 0.717) is 12.8 Å². The van der Waals surface area contributed by atoms with Crippen LogP contribution in [0.25, 0.3) is 0 Å². The molecule has 0 fully saturated rings. The second-order valence-electron chi connectivity index (χ2n) is 5.15. The first-order valence-electron chi connectivity index (χ1n) is 5.77. The van der Waals surface area contributed by atoms with Crippen LogP contribution in [0.5, 0.6) is 0 Å². The quantitative estimate of drug-likeness (QED) is 0.574. The minimum absolute atomic E-state index is 0.424. The summed E-state index contributed by atoms with van der Waals surface area (Å²) < 4.78 is 7.82. The zero-order valence-corrected chi connectivity index (χ0v) is 12.0. The standard InChI is InChI=1S/C13H23NOSi/c1-12(13-9-7-6-8-10-13)14(11-15-2)16(3,4)5/h6-10,12H,11H2,1-5H3/t12-/m1/s1. The Morgan fingerprint density at radius 1 is 1.19 bits per heavy atom. The highest BCUT2D eigenvalue weighted by Crippen LogP contribution is 2.25. The van der Waals surface area contributed by atoms with Crippen LogP contribution in [-0.2, 0) is 4.74 Å². The molecule has 0 heterocycles. The third-order valence-electron chi connectivity index (χ3n) is 2.88. The first-order chi connectivity index (χ1) is 7.46. The molecule has 90 valence electrons. The Morgan fingerprint density at radius 3 is 2.19 bits per heavy atom. The van der Waals surface area contributed by atoms with E-state index >= 15 is 0 Å². The molecular formula is C13H23NOSi. The molecule has 0 radical (unpaired) electrons. The zero-order valence-electron chi connectivity index (χ0n) is 11.0. The van der Waals surface area contributed by atoms with Gasteiger partial charge in [-0.3, -0.25) is 4.57 Å². The summed E-state index contributed by atoms with van der Waals surface area (Å²) in [5.41, 5.74) is 1.36. The Hall–Kier alpha value is -0.643. The van der Waals surface area contributed by atoms with Crippen LogP contribution in [-0.4, -0.2) is 26.6 Å². The molecule has 0 aromatic heterocycles. The van der Waals surface area contributed by atoms with Crippen molar-refractivity contribution >= 4 is 8.24 Å². The van der Waals surface area contributed by atoms with E-state index in [1.54, 1.807) is 7.11 Å². The fraction of sp³-hybridized carbons (Fsp3) is 0.538. The third kappa shape index (κ3) is 3.44. The third-order valence-corrected chi connectivity index (χ3v) is 5.12. The van der Waals surface area contributed by atoms with Crippen molar-refractivity contribution in [3.8, 4) is 0 Å². The van der Waals surface area contributed by atoms with Gasteiger partial charge in [-0.1, -0.05) is 50.0 Å². The molecule has 16 heavy (non-hydrogen) atoms. The Bertz CT molecular complexity index is 307. The van der Waals surface area contributed by atoms with Crippen LogP contribution in [0.4, 0.5) is 0 Å². The van der Waals surface area contributed by atoms with Gasteiger partial charge in [-0.15, -0.1) is 0 Å². The molecule has 0 aliphatic carbocycles. The summed E-state index contributed by atoms with van der Waals surface area (Å²) in [6, 6.07) is 11.1. The van der Waals surface area contributed by atoms with Crippen molar-refractivity contribution < 1.29 is 4.74 Å². The van der Waals surface area contributed by atoms with Gasteiger partial charge in [0.25, 0.3) is 0 Å². The van der Waals surface area contributed by atoms with E-state index < -0.39 is 8.24 Å². The van der Waals surface area contributed by atoms with E-state index in [1.807, 2.05) is 0 Å². The summed E-state index contributed by atoms with van der Waals surface area (Å²) in [5, 5.41) is 0. The fourth-order valence-electron chi connectivity index (χ4n) is 1.94. The van der Waals surface area contributed by atoms with Gasteiger partial charge in [-0.25, -0.2) is 0 Å². The molecule has 0 saturated carbocycles. The number of ether oxygens (including phenoxy) is 1. The molecule has 0 N–H and O–H groups in total. The van der Waals surface area contributed by atoms with Crippen molar-refractivity contribution in [2.75, 3.05) is 13.8 Å². The van der Waals surface area contributed by atoms with Crippen molar-refractivity contribution in [3.05, 3.63) is 35.9 Å². The normalized spacial score (nSPS) is 14.1. The molecule has 0 aliphatic heterocycles. The average molecular weight is 237 g/mol. The minimum atomic E-state index is -1.35. The summed E-state index contributed by atoms with van der Waals surface area (Å²) >= 11 is 0. The lowest BCUT2D eigenvalue weighted by Crippen LogP contribution is -2.48. The number of nitrogens with zero attached hydrogens (tertiary/aromatic N) is 1. The van der Waals surface area contributed by atoms with Gasteiger partial charge in [0.1, 0.15) is 8.24 Å². The topological polar surface area (TPSA) is 12.5 Å². The highest BCUT2D eigenvalue weighted by atomic mass is 28.3. The summed E-state index contributed by atoms with van der Waals surface area (Å²) in [5.74, 6) is 0. The van der Waals surface area contributed by atoms with Crippen molar-refractivity contribution in [2.45, 2.75) is 32.6 Å². The van der Waals surface area contributed by atoms with Gasteiger partial charge >= 0.3 is 0 Å². The average Bonchev–Trinajstić information content (AvgIpc) is 2.25. The van der Waals surface area contributed by atoms with Gasteiger partial charge in [0, 0.05) is 13.2 Å². The molecule has 0 spiro atoms. The van der Waals surface area contributed by atoms with E-state index in [1.165, 1.54) is 5.56 Å². The Balaban J connectivity index is 2.87. The maximum atomic E-state index is 5.33. The predicted octanol–water partition coefficient (Wildman–Crippen LogP) is 3.49. The van der Waals surface area contributed by atoms with Crippen molar-refractivity contribution in [3.63, 3.8) is 0 Å². The van der Waals surface area contributed by atoms with Crippen molar-refractivity contribution in [1.82, 2.24) is 4.57 Å². The van der Waals surface area contributed by atoms with Crippen LogP contribution in [0.15, 0.2) is 30.3 Å². The maximum absolute atomic E-state index is 5.33. The van der Waals surface area contributed by atoms with E-state index in [2.05, 4.69) is 61.5 Å². The van der Waals surface area contributed by atoms with Gasteiger partial charge in [0.2, 0.25) is 0 Å². The largest absolute Gasteiger partial charge is 0.370 e. The first-order valence-corrected chi connectivity index (χ1v) is 9.22. The van der Waals surface area contributed by atoms with Crippen LogP contribution >= 0.6 is 0 Å². The molecule has 3 heteroatoms. The molecule has 1 aromatic carbocycles. The van der Waals surface area contributed by atoms with Crippen LogP contribution in [0.2, 0.25) is 19.6 Å². The van der Waals surface area contributed by atoms with Crippen LogP contribution in [0, 0.1) is 0 Å². The van der Waals surface area contributed by atoms with Crippen molar-refractivity contribution in [2.24, 2.45) is 0 Å². The highest BCUT2D eigenvalue weighted by molar-refractivity contribution is 6.73. The molecule has 0 aliphatic rings. The highest BCUT2D eigenvalue weighted by Gasteiger charge is 2.28. The second-order valence-corrected chi connectivity index (χ2v) is 10.1. The molecular weight excluding hydrogens is 214 g/mol. The monoisotopic (exact) mass is 237 g/mol. The number of benzene rings is 1. The lowest BCUT2D eigenvalue weighted by atomic mass is 10.1. The van der Waals surface area contributed by atoms with Crippen LogP contribution in [0.3, 0.4) is 0 Å². The summed E-state index contributed by atoms with van der Waals surface area (Å²) in [4.78, 5) is 0. The smallest absolute Gasteiger partial charge is 0.122 e. The van der Waals surface area contributed by atoms with Gasteiger partial charge in [-0.05, 0) is 12.5 Å². The first kappa shape index (κ1) is 13.4. The molecule has 0 saturated heterocycles. The SMILES string of the molecule is COCN([C@H](C)c1ccccc1)[Si](C)(C)C. The van der Waals surface area contributed by atoms with E-state index in [9.17, 15) is 0 Å². The number of hydrogen-bond donors (Lipinski definition) is 0. The minimum Gasteiger partial charge on any atom is -0.370 e. The lowest BCUT2D eigenvalue weighted by molar-refractivity contribution is 0.0908. The molecule has 0 unspecified atom stereocenters. The number of methoxy groups -OCH3 is 1. The molecule has 0 bridgehead atoms. The van der Waals surface area contributed by atoms with E-state index in [-0.39, 0.29) is 0 Å².